The first kappa shape index (κ1) is 13.5. The summed E-state index contributed by atoms with van der Waals surface area (Å²) in [5, 5.41) is 13.3. The molecule has 94 valence electrons. The van der Waals surface area contributed by atoms with E-state index in [9.17, 15) is 14.9 Å². The largest absolute Gasteiger partial charge is 0.497 e. The number of carbonyl (C=O) groups is 1. The van der Waals surface area contributed by atoms with Gasteiger partial charge in [-0.05, 0) is 6.07 Å². The van der Waals surface area contributed by atoms with Crippen molar-refractivity contribution in [1.29, 1.82) is 0 Å². The Morgan fingerprint density at radius 3 is 2.83 bits per heavy atom. The number of methoxy groups -OCH3 is 1. The predicted molar refractivity (Wildman–Crippen MR) is 65.2 cm³/mol. The van der Waals surface area contributed by atoms with E-state index in [-0.39, 0.29) is 23.7 Å². The van der Waals surface area contributed by atoms with Gasteiger partial charge in [0.2, 0.25) is 5.91 Å². The molecule has 6 nitrogen and oxygen atoms in total. The van der Waals surface area contributed by atoms with E-state index < -0.39 is 4.92 Å². The third kappa shape index (κ3) is 3.79. The molecule has 0 aromatic heterocycles. The minimum absolute atomic E-state index is 0.0916. The summed E-state index contributed by atoms with van der Waals surface area (Å²) < 4.78 is 4.97. The van der Waals surface area contributed by atoms with Gasteiger partial charge in [0.1, 0.15) is 11.3 Å². The summed E-state index contributed by atoms with van der Waals surface area (Å²) in [5.41, 5.74) is 0.163. The minimum atomic E-state index is -0.512. The maximum absolute atomic E-state index is 10.8. The summed E-state index contributed by atoms with van der Waals surface area (Å²) in [6, 6.07) is 4.32. The molecule has 18 heavy (non-hydrogen) atoms. The van der Waals surface area contributed by atoms with Gasteiger partial charge in [0.15, 0.2) is 0 Å². The molecule has 6 heteroatoms. The molecule has 0 heterocycles. The lowest BCUT2D eigenvalue weighted by molar-refractivity contribution is -0.385. The molecule has 0 spiro atoms. The van der Waals surface area contributed by atoms with E-state index in [1.165, 1.54) is 32.2 Å². The first-order valence-corrected chi connectivity index (χ1v) is 5.10. The molecule has 0 saturated heterocycles. The molecule has 1 aromatic carbocycles. The highest BCUT2D eigenvalue weighted by Gasteiger charge is 2.12. The van der Waals surface area contributed by atoms with E-state index in [0.29, 0.717) is 5.75 Å². The van der Waals surface area contributed by atoms with Crippen molar-refractivity contribution in [1.82, 2.24) is 5.32 Å². The molecule has 0 aliphatic rings. The van der Waals surface area contributed by atoms with Crippen molar-refractivity contribution in [2.45, 2.75) is 6.92 Å². The van der Waals surface area contributed by atoms with Crippen molar-refractivity contribution in [3.8, 4) is 17.6 Å². The summed E-state index contributed by atoms with van der Waals surface area (Å²) >= 11 is 0. The SMILES string of the molecule is COc1ccc([N+](=O)[O-])c(C#CCNC(C)=O)c1. The first-order valence-electron chi connectivity index (χ1n) is 5.10. The van der Waals surface area contributed by atoms with Crippen LogP contribution in [0.5, 0.6) is 5.75 Å². The molecule has 0 aliphatic heterocycles. The standard InChI is InChI=1S/C12H12N2O4/c1-9(15)13-7-3-4-10-8-11(18-2)5-6-12(10)14(16)17/h5-6,8H,7H2,1-2H3,(H,13,15). The smallest absolute Gasteiger partial charge is 0.285 e. The van der Waals surface area contributed by atoms with Crippen LogP contribution in [0.15, 0.2) is 18.2 Å². The second-order valence-corrected chi connectivity index (χ2v) is 3.35. The van der Waals surface area contributed by atoms with Gasteiger partial charge in [-0.1, -0.05) is 11.8 Å². The number of hydrogen-bond donors (Lipinski definition) is 1. The molecule has 1 amide bonds. The Morgan fingerprint density at radius 2 is 2.28 bits per heavy atom. The zero-order valence-corrected chi connectivity index (χ0v) is 10.0. The molecule has 0 unspecified atom stereocenters. The number of carbonyl (C=O) groups excluding carboxylic acids is 1. The molecular weight excluding hydrogens is 236 g/mol. The fourth-order valence-corrected chi connectivity index (χ4v) is 1.21. The summed E-state index contributed by atoms with van der Waals surface area (Å²) in [4.78, 5) is 20.9. The Hall–Kier alpha value is -2.55. The minimum Gasteiger partial charge on any atom is -0.497 e. The van der Waals surface area contributed by atoms with Crippen LogP contribution in [-0.4, -0.2) is 24.5 Å². The summed E-state index contributed by atoms with van der Waals surface area (Å²) in [7, 11) is 1.47. The average molecular weight is 248 g/mol. The molecule has 0 aliphatic carbocycles. The molecule has 0 bridgehead atoms. The van der Waals surface area contributed by atoms with Crippen LogP contribution in [0.4, 0.5) is 5.69 Å². The Bertz CT molecular complexity index is 529. The van der Waals surface area contributed by atoms with Gasteiger partial charge in [-0.2, -0.15) is 0 Å². The van der Waals surface area contributed by atoms with Crippen molar-refractivity contribution in [2.75, 3.05) is 13.7 Å². The first-order chi connectivity index (χ1) is 8.54. The van der Waals surface area contributed by atoms with Gasteiger partial charge < -0.3 is 10.1 Å². The number of amides is 1. The van der Waals surface area contributed by atoms with Crippen LogP contribution in [0, 0.1) is 22.0 Å². The van der Waals surface area contributed by atoms with Crippen LogP contribution in [-0.2, 0) is 4.79 Å². The zero-order valence-electron chi connectivity index (χ0n) is 10.0. The lowest BCUT2D eigenvalue weighted by Gasteiger charge is -2.00. The Morgan fingerprint density at radius 1 is 1.56 bits per heavy atom. The Kier molecular flexibility index (Phi) is 4.69. The molecule has 0 radical (unpaired) electrons. The van der Waals surface area contributed by atoms with Crippen LogP contribution in [0.2, 0.25) is 0 Å². The highest BCUT2D eigenvalue weighted by Crippen LogP contribution is 2.22. The van der Waals surface area contributed by atoms with Crippen LogP contribution < -0.4 is 10.1 Å². The fraction of sp³-hybridized carbons (Fsp3) is 0.250. The number of hydrogen-bond acceptors (Lipinski definition) is 4. The van der Waals surface area contributed by atoms with Crippen LogP contribution in [0.3, 0.4) is 0 Å². The van der Waals surface area contributed by atoms with Crippen molar-refractivity contribution in [3.63, 3.8) is 0 Å². The van der Waals surface area contributed by atoms with Gasteiger partial charge in [0.05, 0.1) is 18.6 Å². The van der Waals surface area contributed by atoms with Crippen molar-refractivity contribution in [3.05, 3.63) is 33.9 Å². The topological polar surface area (TPSA) is 81.5 Å². The molecule has 1 aromatic rings. The number of benzene rings is 1. The highest BCUT2D eigenvalue weighted by atomic mass is 16.6. The second kappa shape index (κ2) is 6.25. The lowest BCUT2D eigenvalue weighted by Crippen LogP contribution is -2.19. The van der Waals surface area contributed by atoms with Gasteiger partial charge in [0, 0.05) is 19.1 Å². The monoisotopic (exact) mass is 248 g/mol. The number of ether oxygens (including phenoxy) is 1. The van der Waals surface area contributed by atoms with Crippen molar-refractivity contribution >= 4 is 11.6 Å². The quantitative estimate of drug-likeness (QED) is 0.493. The highest BCUT2D eigenvalue weighted by molar-refractivity contribution is 5.73. The van der Waals surface area contributed by atoms with Gasteiger partial charge >= 0.3 is 0 Å². The van der Waals surface area contributed by atoms with E-state index in [1.807, 2.05) is 0 Å². The number of nitro groups is 1. The number of nitrogens with one attached hydrogen (secondary N) is 1. The van der Waals surface area contributed by atoms with Crippen LogP contribution >= 0.6 is 0 Å². The van der Waals surface area contributed by atoms with E-state index in [2.05, 4.69) is 17.2 Å². The van der Waals surface area contributed by atoms with E-state index >= 15 is 0 Å². The molecule has 1 rings (SSSR count). The van der Waals surface area contributed by atoms with Gasteiger partial charge in [-0.15, -0.1) is 0 Å². The predicted octanol–water partition coefficient (Wildman–Crippen LogP) is 1.09. The number of rotatable bonds is 3. The van der Waals surface area contributed by atoms with Gasteiger partial charge in [-0.25, -0.2) is 0 Å². The van der Waals surface area contributed by atoms with E-state index in [0.717, 1.165) is 0 Å². The molecule has 0 atom stereocenters. The molecular formula is C12H12N2O4. The summed E-state index contributed by atoms with van der Waals surface area (Å²) in [6.45, 7) is 1.51. The van der Waals surface area contributed by atoms with Crippen molar-refractivity contribution in [2.24, 2.45) is 0 Å². The second-order valence-electron chi connectivity index (χ2n) is 3.35. The number of nitro benzene ring substituents is 1. The van der Waals surface area contributed by atoms with Crippen LogP contribution in [0.25, 0.3) is 0 Å². The Labute approximate surface area is 104 Å². The van der Waals surface area contributed by atoms with E-state index in [4.69, 9.17) is 4.74 Å². The van der Waals surface area contributed by atoms with Crippen molar-refractivity contribution < 1.29 is 14.5 Å². The summed E-state index contributed by atoms with van der Waals surface area (Å²) in [6.07, 6.45) is 0. The summed E-state index contributed by atoms with van der Waals surface area (Å²) in [5.74, 6) is 5.56. The third-order valence-electron chi connectivity index (χ3n) is 2.05. The normalized spacial score (nSPS) is 9.00. The number of nitrogens with zero attached hydrogens (tertiary/aromatic N) is 1. The third-order valence-corrected chi connectivity index (χ3v) is 2.05. The maximum Gasteiger partial charge on any atom is 0.285 e. The fourth-order valence-electron chi connectivity index (χ4n) is 1.21. The Balaban J connectivity index is 2.97. The van der Waals surface area contributed by atoms with Gasteiger partial charge in [0.25, 0.3) is 5.69 Å². The zero-order chi connectivity index (χ0) is 13.5. The van der Waals surface area contributed by atoms with E-state index in [1.54, 1.807) is 0 Å². The van der Waals surface area contributed by atoms with Gasteiger partial charge in [-0.3, -0.25) is 14.9 Å². The maximum atomic E-state index is 10.8. The lowest BCUT2D eigenvalue weighted by atomic mass is 10.1. The molecule has 1 N–H and O–H groups in total. The molecule has 0 fully saturated rings. The molecule has 0 saturated carbocycles. The average Bonchev–Trinajstić information content (AvgIpc) is 2.33. The van der Waals surface area contributed by atoms with Crippen LogP contribution in [0.1, 0.15) is 12.5 Å².